The van der Waals surface area contributed by atoms with Gasteiger partial charge in [0.05, 0.1) is 5.56 Å². The average molecular weight is 440 g/mol. The van der Waals surface area contributed by atoms with Gasteiger partial charge >= 0.3 is 6.18 Å². The Balaban J connectivity index is 1.82. The fraction of sp³-hybridized carbons (Fsp3) is 0.208. The summed E-state index contributed by atoms with van der Waals surface area (Å²) in [4.78, 5) is 27.7. The van der Waals surface area contributed by atoms with Crippen molar-refractivity contribution in [3.63, 3.8) is 0 Å². The summed E-state index contributed by atoms with van der Waals surface area (Å²) in [6.45, 7) is 3.61. The van der Waals surface area contributed by atoms with Crippen LogP contribution in [0.1, 0.15) is 28.4 Å². The van der Waals surface area contributed by atoms with E-state index in [0.29, 0.717) is 11.4 Å². The molecule has 0 saturated heterocycles. The number of alkyl halides is 3. The number of rotatable bonds is 3. The number of hydrogen-bond acceptors (Lipinski definition) is 2. The lowest BCUT2D eigenvalue weighted by molar-refractivity contribution is -0.695. The van der Waals surface area contributed by atoms with Gasteiger partial charge in [0, 0.05) is 23.5 Å². The molecule has 2 heterocycles. The largest absolute Gasteiger partial charge is 0.416 e. The van der Waals surface area contributed by atoms with E-state index in [2.05, 4.69) is 5.32 Å². The summed E-state index contributed by atoms with van der Waals surface area (Å²) >= 11 is 0. The number of nitrogens with one attached hydrogen (secondary N) is 1. The molecule has 0 unspecified atom stereocenters. The molecule has 5 nitrogen and oxygen atoms in total. The van der Waals surface area contributed by atoms with Crippen molar-refractivity contribution < 1.29 is 27.3 Å². The van der Waals surface area contributed by atoms with Crippen LogP contribution in [0.2, 0.25) is 0 Å². The summed E-state index contributed by atoms with van der Waals surface area (Å²) in [5.41, 5.74) is 1.93. The van der Waals surface area contributed by atoms with Gasteiger partial charge in [0.15, 0.2) is 6.20 Å². The summed E-state index contributed by atoms with van der Waals surface area (Å²) in [5, 5.41) is 2.89. The quantitative estimate of drug-likeness (QED) is 0.617. The zero-order valence-electron chi connectivity index (χ0n) is 17.5. The average Bonchev–Trinajstić information content (AvgIpc) is 2.75. The van der Waals surface area contributed by atoms with E-state index in [4.69, 9.17) is 0 Å². The molecule has 1 atom stereocenters. The molecule has 8 heteroatoms. The maximum Gasteiger partial charge on any atom is 0.416 e. The van der Waals surface area contributed by atoms with Crippen LogP contribution in [0.3, 0.4) is 0 Å². The summed E-state index contributed by atoms with van der Waals surface area (Å²) < 4.78 is 41.6. The Morgan fingerprint density at radius 2 is 1.72 bits per heavy atom. The van der Waals surface area contributed by atoms with Gasteiger partial charge < -0.3 is 5.32 Å². The smallest absolute Gasteiger partial charge is 0.323 e. The van der Waals surface area contributed by atoms with Crippen LogP contribution in [0.4, 0.5) is 24.5 Å². The van der Waals surface area contributed by atoms with Gasteiger partial charge in [0.25, 0.3) is 11.8 Å². The first-order valence-electron chi connectivity index (χ1n) is 10.0. The van der Waals surface area contributed by atoms with E-state index in [-0.39, 0.29) is 12.2 Å². The van der Waals surface area contributed by atoms with Crippen molar-refractivity contribution in [2.24, 2.45) is 0 Å². The molecule has 0 saturated carbocycles. The molecule has 164 valence electrons. The maximum absolute atomic E-state index is 13.5. The van der Waals surface area contributed by atoms with Crippen molar-refractivity contribution in [3.8, 4) is 0 Å². The Morgan fingerprint density at radius 1 is 1.03 bits per heavy atom. The molecular weight excluding hydrogens is 419 g/mol. The Bertz CT molecular complexity index is 1190. The lowest BCUT2D eigenvalue weighted by Gasteiger charge is -2.32. The molecule has 0 fully saturated rings. The van der Waals surface area contributed by atoms with Gasteiger partial charge in [-0.3, -0.25) is 14.5 Å². The predicted molar refractivity (Wildman–Crippen MR) is 113 cm³/mol. The Morgan fingerprint density at radius 3 is 2.41 bits per heavy atom. The predicted octanol–water partition coefficient (Wildman–Crippen LogP) is 4.34. The van der Waals surface area contributed by atoms with Crippen LogP contribution < -0.4 is 14.8 Å². The van der Waals surface area contributed by atoms with Crippen molar-refractivity contribution in [2.75, 3.05) is 10.2 Å². The standard InChI is InChI=1S/C24H20F3N3O2/c1-15-7-5-8-16(2)21(15)28-23(32)22-19-11-3-4-12-29(19)14-20(31)30(22)18-10-6-9-17(13-18)24(25,26)27/h3-13,22H,14H2,1-2H3/p+1/t22-/m0/s1. The summed E-state index contributed by atoms with van der Waals surface area (Å²) in [6.07, 6.45) is -2.90. The van der Waals surface area contributed by atoms with Crippen molar-refractivity contribution in [1.29, 1.82) is 0 Å². The molecule has 2 amide bonds. The van der Waals surface area contributed by atoms with E-state index < -0.39 is 29.6 Å². The Hall–Kier alpha value is -3.68. The van der Waals surface area contributed by atoms with Crippen molar-refractivity contribution in [3.05, 3.63) is 89.2 Å². The first-order valence-corrected chi connectivity index (χ1v) is 10.0. The topological polar surface area (TPSA) is 53.3 Å². The highest BCUT2D eigenvalue weighted by Gasteiger charge is 2.44. The molecule has 32 heavy (non-hydrogen) atoms. The van der Waals surface area contributed by atoms with Gasteiger partial charge in [-0.15, -0.1) is 0 Å². The van der Waals surface area contributed by atoms with Gasteiger partial charge in [-0.05, 0) is 43.2 Å². The molecule has 0 spiro atoms. The second-order valence-corrected chi connectivity index (χ2v) is 7.72. The first kappa shape index (κ1) is 21.5. The highest BCUT2D eigenvalue weighted by atomic mass is 19.4. The van der Waals surface area contributed by atoms with Crippen molar-refractivity contribution >= 4 is 23.2 Å². The third-order valence-electron chi connectivity index (χ3n) is 5.52. The minimum atomic E-state index is -4.57. The van der Waals surface area contributed by atoms with E-state index >= 15 is 0 Å². The van der Waals surface area contributed by atoms with E-state index in [0.717, 1.165) is 28.2 Å². The molecule has 0 bridgehead atoms. The molecule has 1 N–H and O–H groups in total. The minimum Gasteiger partial charge on any atom is -0.323 e. The van der Waals surface area contributed by atoms with Crippen LogP contribution in [0, 0.1) is 13.8 Å². The lowest BCUT2D eigenvalue weighted by Crippen LogP contribution is -2.58. The zero-order chi connectivity index (χ0) is 23.0. The Labute approximate surface area is 183 Å². The van der Waals surface area contributed by atoms with Crippen LogP contribution in [-0.2, 0) is 22.3 Å². The molecule has 3 aromatic rings. The number of carbonyl (C=O) groups excluding carboxylic acids is 2. The third kappa shape index (κ3) is 3.95. The molecule has 1 aliphatic rings. The monoisotopic (exact) mass is 440 g/mol. The molecule has 0 aliphatic carbocycles. The van der Waals surface area contributed by atoms with Crippen LogP contribution in [0.5, 0.6) is 0 Å². The van der Waals surface area contributed by atoms with Gasteiger partial charge in [-0.2, -0.15) is 17.7 Å². The number of aryl methyl sites for hydroxylation is 2. The van der Waals surface area contributed by atoms with E-state index in [9.17, 15) is 22.8 Å². The third-order valence-corrected chi connectivity index (χ3v) is 5.52. The summed E-state index contributed by atoms with van der Waals surface area (Å²) in [6, 6.07) is 14.1. The zero-order valence-corrected chi connectivity index (χ0v) is 17.5. The number of fused-ring (bicyclic) bond motifs is 1. The number of aromatic nitrogens is 1. The van der Waals surface area contributed by atoms with Crippen LogP contribution in [0.25, 0.3) is 0 Å². The van der Waals surface area contributed by atoms with Crippen molar-refractivity contribution in [2.45, 2.75) is 32.6 Å². The normalized spacial score (nSPS) is 16.0. The fourth-order valence-corrected chi connectivity index (χ4v) is 3.96. The second-order valence-electron chi connectivity index (χ2n) is 7.72. The van der Waals surface area contributed by atoms with Crippen LogP contribution in [0.15, 0.2) is 66.9 Å². The number of anilines is 2. The Kier molecular flexibility index (Phi) is 5.46. The number of carbonyl (C=O) groups is 2. The van der Waals surface area contributed by atoms with Crippen LogP contribution in [-0.4, -0.2) is 11.8 Å². The molecule has 2 aromatic carbocycles. The molecule has 1 aliphatic heterocycles. The molecule has 0 radical (unpaired) electrons. The number of pyridine rings is 1. The minimum absolute atomic E-state index is 0.0154. The number of halogens is 3. The SMILES string of the molecule is Cc1cccc(C)c1NC(=O)[C@@H]1c2cccc[n+]2CC(=O)N1c1cccc(C(F)(F)F)c1. The van der Waals surface area contributed by atoms with Crippen molar-refractivity contribution in [1.82, 2.24) is 0 Å². The van der Waals surface area contributed by atoms with E-state index in [1.165, 1.54) is 12.1 Å². The molecule has 1 aromatic heterocycles. The highest BCUT2D eigenvalue weighted by Crippen LogP contribution is 2.35. The highest BCUT2D eigenvalue weighted by molar-refractivity contribution is 6.05. The number of hydrogen-bond donors (Lipinski definition) is 1. The summed E-state index contributed by atoms with van der Waals surface area (Å²) in [7, 11) is 0. The van der Waals surface area contributed by atoms with Crippen LogP contribution >= 0.6 is 0 Å². The van der Waals surface area contributed by atoms with E-state index in [1.54, 1.807) is 29.0 Å². The number of nitrogens with zero attached hydrogens (tertiary/aromatic N) is 2. The maximum atomic E-state index is 13.5. The summed E-state index contributed by atoms with van der Waals surface area (Å²) in [5.74, 6) is -0.984. The lowest BCUT2D eigenvalue weighted by atomic mass is 10.0. The van der Waals surface area contributed by atoms with E-state index in [1.807, 2.05) is 32.0 Å². The second kappa shape index (κ2) is 8.11. The molecular formula is C24H21F3N3O2+. The van der Waals surface area contributed by atoms with Gasteiger partial charge in [-0.1, -0.05) is 30.3 Å². The number of para-hydroxylation sites is 1. The number of amides is 2. The van der Waals surface area contributed by atoms with Gasteiger partial charge in [-0.25, -0.2) is 0 Å². The molecule has 4 rings (SSSR count). The first-order chi connectivity index (χ1) is 15.2. The fourth-order valence-electron chi connectivity index (χ4n) is 3.96. The number of benzene rings is 2. The van der Waals surface area contributed by atoms with Gasteiger partial charge in [0.2, 0.25) is 18.3 Å². The van der Waals surface area contributed by atoms with Gasteiger partial charge in [0.1, 0.15) is 0 Å².